The molecule has 1 amide bonds. The highest BCUT2D eigenvalue weighted by Crippen LogP contribution is 2.28. The lowest BCUT2D eigenvalue weighted by molar-refractivity contribution is -0.126. The fourth-order valence-corrected chi connectivity index (χ4v) is 6.07. The molecule has 0 bridgehead atoms. The molecule has 0 radical (unpaired) electrons. The zero-order valence-corrected chi connectivity index (χ0v) is 18.5. The highest BCUT2D eigenvalue weighted by Gasteiger charge is 2.27. The summed E-state index contributed by atoms with van der Waals surface area (Å²) in [6, 6.07) is 3.98. The molecule has 0 spiro atoms. The Labute approximate surface area is 180 Å². The number of piperidine rings is 1. The van der Waals surface area contributed by atoms with Gasteiger partial charge in [0.15, 0.2) is 0 Å². The Morgan fingerprint density at radius 3 is 3.00 bits per heavy atom. The third-order valence-electron chi connectivity index (χ3n) is 5.75. The van der Waals surface area contributed by atoms with Crippen molar-refractivity contribution in [3.05, 3.63) is 23.4 Å². The summed E-state index contributed by atoms with van der Waals surface area (Å²) in [7, 11) is 0. The monoisotopic (exact) mass is 434 g/mol. The van der Waals surface area contributed by atoms with Gasteiger partial charge in [-0.05, 0) is 43.7 Å². The molecule has 3 heterocycles. The molecule has 1 aliphatic heterocycles. The number of likely N-dealkylation sites (tertiary alicyclic amines) is 1. The van der Waals surface area contributed by atoms with Gasteiger partial charge in [0.25, 0.3) is 0 Å². The molecule has 6 nitrogen and oxygen atoms in total. The molecule has 2 aromatic heterocycles. The van der Waals surface area contributed by atoms with Crippen molar-refractivity contribution in [2.24, 2.45) is 5.92 Å². The average molecular weight is 435 g/mol. The van der Waals surface area contributed by atoms with E-state index < -0.39 is 0 Å². The Morgan fingerprint density at radius 1 is 1.28 bits per heavy atom. The van der Waals surface area contributed by atoms with Crippen LogP contribution in [0.3, 0.4) is 0 Å². The van der Waals surface area contributed by atoms with E-state index in [0.29, 0.717) is 18.3 Å². The van der Waals surface area contributed by atoms with Crippen molar-refractivity contribution < 1.29 is 9.32 Å². The quantitative estimate of drug-likeness (QED) is 0.628. The van der Waals surface area contributed by atoms with E-state index in [1.807, 2.05) is 29.3 Å². The van der Waals surface area contributed by atoms with E-state index in [4.69, 9.17) is 4.52 Å². The number of aromatic nitrogens is 2. The summed E-state index contributed by atoms with van der Waals surface area (Å²) in [6.45, 7) is 3.13. The largest absolute Gasteiger partial charge is 0.355 e. The summed E-state index contributed by atoms with van der Waals surface area (Å²) in [5.74, 6) is 2.56. The molecule has 1 aliphatic carbocycles. The maximum Gasteiger partial charge on any atom is 0.241 e. The van der Waals surface area contributed by atoms with Gasteiger partial charge in [0, 0.05) is 24.1 Å². The van der Waals surface area contributed by atoms with Crippen molar-refractivity contribution in [3.63, 3.8) is 0 Å². The van der Waals surface area contributed by atoms with E-state index in [1.54, 1.807) is 11.3 Å². The lowest BCUT2D eigenvalue weighted by Gasteiger charge is -2.31. The van der Waals surface area contributed by atoms with Crippen LogP contribution in [0.25, 0.3) is 10.7 Å². The predicted molar refractivity (Wildman–Crippen MR) is 118 cm³/mol. The summed E-state index contributed by atoms with van der Waals surface area (Å²) in [4.78, 5) is 20.4. The van der Waals surface area contributed by atoms with Crippen LogP contribution in [-0.4, -0.2) is 51.6 Å². The van der Waals surface area contributed by atoms with Crippen molar-refractivity contribution in [2.75, 3.05) is 25.4 Å². The minimum atomic E-state index is 0.0584. The first-order chi connectivity index (χ1) is 14.3. The summed E-state index contributed by atoms with van der Waals surface area (Å²) in [5.41, 5.74) is 0. The molecule has 1 atom stereocenters. The first-order valence-corrected chi connectivity index (χ1v) is 12.7. The first-order valence-electron chi connectivity index (χ1n) is 10.8. The first kappa shape index (κ1) is 20.9. The van der Waals surface area contributed by atoms with Gasteiger partial charge in [0.2, 0.25) is 17.6 Å². The number of carbonyl (C=O) groups excluding carboxylic acids is 1. The van der Waals surface area contributed by atoms with E-state index >= 15 is 0 Å². The van der Waals surface area contributed by atoms with Crippen molar-refractivity contribution in [1.29, 1.82) is 0 Å². The minimum Gasteiger partial charge on any atom is -0.355 e. The Hall–Kier alpha value is -1.38. The van der Waals surface area contributed by atoms with Crippen LogP contribution in [0.4, 0.5) is 0 Å². The van der Waals surface area contributed by atoms with Crippen LogP contribution in [0.1, 0.15) is 50.8 Å². The third-order valence-corrected chi connectivity index (χ3v) is 8.00. The van der Waals surface area contributed by atoms with Crippen molar-refractivity contribution in [1.82, 2.24) is 20.4 Å². The second-order valence-corrected chi connectivity index (χ2v) is 10.3. The zero-order valence-electron chi connectivity index (χ0n) is 16.8. The third kappa shape index (κ3) is 6.06. The number of rotatable bonds is 8. The number of nitrogens with one attached hydrogen (secondary N) is 1. The summed E-state index contributed by atoms with van der Waals surface area (Å²) in [6.07, 6.45) is 8.82. The van der Waals surface area contributed by atoms with Gasteiger partial charge in [-0.25, -0.2) is 0 Å². The molecule has 1 unspecified atom stereocenters. The maximum atomic E-state index is 12.6. The molecule has 2 aliphatic rings. The highest BCUT2D eigenvalue weighted by molar-refractivity contribution is 7.99. The topological polar surface area (TPSA) is 71.3 Å². The Balaban J connectivity index is 1.19. The lowest BCUT2D eigenvalue weighted by atomic mass is 9.97. The number of thiophene rings is 1. The molecular formula is C21H30N4O2S2. The number of hydrogen-bond donors (Lipinski definition) is 1. The van der Waals surface area contributed by atoms with Crippen LogP contribution in [0.2, 0.25) is 0 Å². The molecule has 1 saturated heterocycles. The molecule has 8 heteroatoms. The van der Waals surface area contributed by atoms with Crippen molar-refractivity contribution >= 4 is 29.0 Å². The van der Waals surface area contributed by atoms with E-state index in [-0.39, 0.29) is 11.8 Å². The molecule has 4 rings (SSSR count). The molecular weight excluding hydrogens is 404 g/mol. The number of amides is 1. The number of thioether (sulfide) groups is 1. The Morgan fingerprint density at radius 2 is 2.17 bits per heavy atom. The smallest absolute Gasteiger partial charge is 0.241 e. The van der Waals surface area contributed by atoms with E-state index in [1.165, 1.54) is 32.1 Å². The second-order valence-electron chi connectivity index (χ2n) is 7.99. The predicted octanol–water partition coefficient (Wildman–Crippen LogP) is 4.19. The van der Waals surface area contributed by atoms with Gasteiger partial charge in [-0.2, -0.15) is 16.7 Å². The van der Waals surface area contributed by atoms with Crippen molar-refractivity contribution in [2.45, 2.75) is 56.7 Å². The SMILES string of the molecule is O=C(NCCSC1CCCCC1)C1CCCN(Cc2nc(-c3cccs3)no2)C1. The Kier molecular flexibility index (Phi) is 7.62. The summed E-state index contributed by atoms with van der Waals surface area (Å²) >= 11 is 3.64. The van der Waals surface area contributed by atoms with Gasteiger partial charge in [0.1, 0.15) is 0 Å². The second kappa shape index (κ2) is 10.6. The van der Waals surface area contributed by atoms with Crippen LogP contribution < -0.4 is 5.32 Å². The lowest BCUT2D eigenvalue weighted by Crippen LogP contribution is -2.43. The molecule has 29 heavy (non-hydrogen) atoms. The number of nitrogens with zero attached hydrogens (tertiary/aromatic N) is 3. The Bertz CT molecular complexity index is 759. The van der Waals surface area contributed by atoms with Crippen LogP contribution in [-0.2, 0) is 11.3 Å². The molecule has 1 saturated carbocycles. The number of carbonyl (C=O) groups is 1. The fourth-order valence-electron chi connectivity index (χ4n) is 4.21. The van der Waals surface area contributed by atoms with E-state index in [0.717, 1.165) is 48.4 Å². The summed E-state index contributed by atoms with van der Waals surface area (Å²) < 4.78 is 5.42. The summed E-state index contributed by atoms with van der Waals surface area (Å²) in [5, 5.41) is 10.1. The van der Waals surface area contributed by atoms with E-state index in [9.17, 15) is 4.79 Å². The maximum absolute atomic E-state index is 12.6. The van der Waals surface area contributed by atoms with Gasteiger partial charge < -0.3 is 9.84 Å². The zero-order chi connectivity index (χ0) is 19.9. The number of hydrogen-bond acceptors (Lipinski definition) is 7. The van der Waals surface area contributed by atoms with Gasteiger partial charge in [-0.1, -0.05) is 30.5 Å². The van der Waals surface area contributed by atoms with Gasteiger partial charge >= 0.3 is 0 Å². The molecule has 0 aromatic carbocycles. The average Bonchev–Trinajstić information content (AvgIpc) is 3.44. The standard InChI is InChI=1S/C21H30N4O2S2/c26-21(22-10-13-28-17-7-2-1-3-8-17)16-6-4-11-25(14-16)15-19-23-20(24-27-19)18-9-5-12-29-18/h5,9,12,16-17H,1-4,6-8,10-11,13-15H2,(H,22,26). The highest BCUT2D eigenvalue weighted by atomic mass is 32.2. The van der Waals surface area contributed by atoms with E-state index in [2.05, 4.69) is 20.4 Å². The van der Waals surface area contributed by atoms with Crippen LogP contribution in [0.5, 0.6) is 0 Å². The van der Waals surface area contributed by atoms with Gasteiger partial charge in [-0.3, -0.25) is 9.69 Å². The normalized spacial score (nSPS) is 21.3. The molecule has 1 N–H and O–H groups in total. The van der Waals surface area contributed by atoms with Gasteiger partial charge in [0.05, 0.1) is 17.3 Å². The van der Waals surface area contributed by atoms with Crippen molar-refractivity contribution in [3.8, 4) is 10.7 Å². The van der Waals surface area contributed by atoms with Crippen LogP contribution in [0.15, 0.2) is 22.0 Å². The molecule has 158 valence electrons. The van der Waals surface area contributed by atoms with Crippen LogP contribution >= 0.6 is 23.1 Å². The fraction of sp³-hybridized carbons (Fsp3) is 0.667. The molecule has 2 fully saturated rings. The van der Waals surface area contributed by atoms with Crippen LogP contribution in [0, 0.1) is 5.92 Å². The van der Waals surface area contributed by atoms with Gasteiger partial charge in [-0.15, -0.1) is 11.3 Å². The minimum absolute atomic E-state index is 0.0584. The molecule has 2 aromatic rings.